The fourth-order valence-corrected chi connectivity index (χ4v) is 4.58. The molecule has 162 valence electrons. The number of carbonyl (C=O) groups excluding carboxylic acids is 1. The summed E-state index contributed by atoms with van der Waals surface area (Å²) in [5, 5.41) is 3.85. The smallest absolute Gasteiger partial charge is 0.262 e. The lowest BCUT2D eigenvalue weighted by Crippen LogP contribution is -2.36. The maximum absolute atomic E-state index is 12.3. The van der Waals surface area contributed by atoms with E-state index in [4.69, 9.17) is 9.47 Å². The van der Waals surface area contributed by atoms with Gasteiger partial charge >= 0.3 is 0 Å². The predicted octanol–water partition coefficient (Wildman–Crippen LogP) is 4.82. The van der Waals surface area contributed by atoms with Crippen LogP contribution in [0.3, 0.4) is 0 Å². The molecule has 32 heavy (non-hydrogen) atoms. The molecule has 4 aromatic rings. The van der Waals surface area contributed by atoms with Gasteiger partial charge in [0.25, 0.3) is 5.91 Å². The second kappa shape index (κ2) is 9.38. The first-order valence-electron chi connectivity index (χ1n) is 10.6. The number of thiazole rings is 1. The number of aromatic nitrogens is 1. The van der Waals surface area contributed by atoms with Crippen molar-refractivity contribution in [3.63, 3.8) is 0 Å². The molecule has 0 spiro atoms. The highest BCUT2D eigenvalue weighted by Crippen LogP contribution is 2.30. The van der Waals surface area contributed by atoms with Crippen LogP contribution in [0.2, 0.25) is 0 Å². The molecule has 1 aromatic heterocycles. The molecule has 1 aliphatic heterocycles. The number of para-hydroxylation sites is 1. The van der Waals surface area contributed by atoms with Gasteiger partial charge in [-0.3, -0.25) is 4.79 Å². The summed E-state index contributed by atoms with van der Waals surface area (Å²) in [5.41, 5.74) is 3.92. The Morgan fingerprint density at radius 2 is 1.75 bits per heavy atom. The number of ether oxygens (including phenoxy) is 2. The van der Waals surface area contributed by atoms with Gasteiger partial charge in [0.1, 0.15) is 10.8 Å². The van der Waals surface area contributed by atoms with E-state index in [1.54, 1.807) is 11.3 Å². The lowest BCUT2D eigenvalue weighted by molar-refractivity contribution is -0.118. The number of fused-ring (bicyclic) bond motifs is 1. The zero-order valence-electron chi connectivity index (χ0n) is 17.5. The Balaban J connectivity index is 1.14. The molecule has 7 heteroatoms. The monoisotopic (exact) mass is 445 g/mol. The summed E-state index contributed by atoms with van der Waals surface area (Å²) in [5.74, 6) is 0.451. The van der Waals surface area contributed by atoms with Gasteiger partial charge in [0.05, 0.1) is 23.4 Å². The summed E-state index contributed by atoms with van der Waals surface area (Å²) < 4.78 is 12.2. The van der Waals surface area contributed by atoms with Crippen molar-refractivity contribution in [3.8, 4) is 16.3 Å². The average Bonchev–Trinajstić information content (AvgIpc) is 3.28. The zero-order valence-corrected chi connectivity index (χ0v) is 18.3. The van der Waals surface area contributed by atoms with Crippen LogP contribution >= 0.6 is 11.3 Å². The fourth-order valence-electron chi connectivity index (χ4n) is 3.61. The fraction of sp³-hybridized carbons (Fsp3) is 0.200. The number of anilines is 2. The molecule has 1 N–H and O–H groups in total. The van der Waals surface area contributed by atoms with Crippen molar-refractivity contribution >= 4 is 38.8 Å². The van der Waals surface area contributed by atoms with E-state index >= 15 is 0 Å². The molecule has 6 nitrogen and oxygen atoms in total. The molecule has 5 rings (SSSR count). The largest absolute Gasteiger partial charge is 0.484 e. The van der Waals surface area contributed by atoms with Crippen molar-refractivity contribution in [1.82, 2.24) is 4.98 Å². The number of nitrogens with one attached hydrogen (secondary N) is 1. The zero-order chi connectivity index (χ0) is 21.8. The second-order valence-corrected chi connectivity index (χ2v) is 8.52. The van der Waals surface area contributed by atoms with E-state index in [2.05, 4.69) is 21.3 Å². The van der Waals surface area contributed by atoms with E-state index in [0.717, 1.165) is 58.5 Å². The molecule has 1 amide bonds. The Hall–Kier alpha value is -3.42. The number of nitrogens with zero attached hydrogens (tertiary/aromatic N) is 2. The molecule has 0 atom stereocenters. The van der Waals surface area contributed by atoms with Crippen LogP contribution in [0.1, 0.15) is 0 Å². The van der Waals surface area contributed by atoms with Crippen LogP contribution in [0.25, 0.3) is 20.8 Å². The summed E-state index contributed by atoms with van der Waals surface area (Å²) in [6.07, 6.45) is 0. The van der Waals surface area contributed by atoms with Gasteiger partial charge in [-0.1, -0.05) is 12.1 Å². The van der Waals surface area contributed by atoms with Gasteiger partial charge in [0.2, 0.25) is 0 Å². The summed E-state index contributed by atoms with van der Waals surface area (Å²) in [6, 6.07) is 23.6. The van der Waals surface area contributed by atoms with E-state index in [1.165, 1.54) is 0 Å². The Morgan fingerprint density at radius 1 is 1.00 bits per heavy atom. The molecule has 0 bridgehead atoms. The van der Waals surface area contributed by atoms with Crippen LogP contribution < -0.4 is 15.0 Å². The van der Waals surface area contributed by atoms with Crippen LogP contribution in [0.5, 0.6) is 5.75 Å². The molecule has 1 saturated heterocycles. The third-order valence-electron chi connectivity index (χ3n) is 5.29. The highest BCUT2D eigenvalue weighted by molar-refractivity contribution is 7.21. The maximum atomic E-state index is 12.3. The SMILES string of the molecule is O=C(COc1ccc(-c2nc3ccccc3s2)cc1)Nc1ccc(N2CCOCC2)cc1. The number of morpholine rings is 1. The van der Waals surface area contributed by atoms with Crippen molar-refractivity contribution in [3.05, 3.63) is 72.8 Å². The Bertz CT molecular complexity index is 1170. The normalized spacial score (nSPS) is 13.8. The number of benzene rings is 3. The highest BCUT2D eigenvalue weighted by atomic mass is 32.1. The molecular formula is C25H23N3O3S. The Morgan fingerprint density at radius 3 is 2.50 bits per heavy atom. The number of rotatable bonds is 6. The first-order valence-corrected chi connectivity index (χ1v) is 11.4. The number of carbonyl (C=O) groups is 1. The summed E-state index contributed by atoms with van der Waals surface area (Å²) >= 11 is 1.66. The van der Waals surface area contributed by atoms with Gasteiger partial charge in [-0.15, -0.1) is 11.3 Å². The van der Waals surface area contributed by atoms with Gasteiger partial charge in [0, 0.05) is 30.0 Å². The molecule has 1 fully saturated rings. The molecule has 0 unspecified atom stereocenters. The maximum Gasteiger partial charge on any atom is 0.262 e. The minimum Gasteiger partial charge on any atom is -0.484 e. The van der Waals surface area contributed by atoms with Crippen molar-refractivity contribution in [2.75, 3.05) is 43.1 Å². The number of hydrogen-bond acceptors (Lipinski definition) is 6. The van der Waals surface area contributed by atoms with Crippen molar-refractivity contribution in [2.24, 2.45) is 0 Å². The van der Waals surface area contributed by atoms with Gasteiger partial charge in [-0.05, 0) is 60.7 Å². The molecule has 1 aliphatic rings. The second-order valence-electron chi connectivity index (χ2n) is 7.49. The van der Waals surface area contributed by atoms with E-state index < -0.39 is 0 Å². The van der Waals surface area contributed by atoms with Gasteiger partial charge in [-0.25, -0.2) is 4.98 Å². The lowest BCUT2D eigenvalue weighted by Gasteiger charge is -2.28. The first-order chi connectivity index (χ1) is 15.7. The van der Waals surface area contributed by atoms with Crippen LogP contribution in [0, 0.1) is 0 Å². The summed E-state index contributed by atoms with van der Waals surface area (Å²) in [6.45, 7) is 3.22. The highest BCUT2D eigenvalue weighted by Gasteiger charge is 2.11. The summed E-state index contributed by atoms with van der Waals surface area (Å²) in [4.78, 5) is 19.2. The van der Waals surface area contributed by atoms with Crippen LogP contribution in [-0.4, -0.2) is 43.8 Å². The van der Waals surface area contributed by atoms with Gasteiger partial charge < -0.3 is 19.7 Å². The molecule has 2 heterocycles. The quantitative estimate of drug-likeness (QED) is 0.461. The molecular weight excluding hydrogens is 422 g/mol. The topological polar surface area (TPSA) is 63.7 Å². The average molecular weight is 446 g/mol. The van der Waals surface area contributed by atoms with E-state index in [-0.39, 0.29) is 12.5 Å². The van der Waals surface area contributed by atoms with Crippen LogP contribution in [0.15, 0.2) is 72.8 Å². The number of hydrogen-bond donors (Lipinski definition) is 1. The first kappa shape index (κ1) is 20.5. The predicted molar refractivity (Wildman–Crippen MR) is 129 cm³/mol. The van der Waals surface area contributed by atoms with Gasteiger partial charge in [-0.2, -0.15) is 0 Å². The molecule has 0 aliphatic carbocycles. The van der Waals surface area contributed by atoms with Crippen LogP contribution in [0.4, 0.5) is 11.4 Å². The minimum absolute atomic E-state index is 0.0499. The molecule has 0 saturated carbocycles. The summed E-state index contributed by atoms with van der Waals surface area (Å²) in [7, 11) is 0. The van der Waals surface area contributed by atoms with Gasteiger partial charge in [0.15, 0.2) is 6.61 Å². The number of amides is 1. The van der Waals surface area contributed by atoms with Crippen molar-refractivity contribution in [1.29, 1.82) is 0 Å². The lowest BCUT2D eigenvalue weighted by atomic mass is 10.2. The third kappa shape index (κ3) is 4.74. The van der Waals surface area contributed by atoms with E-state index in [0.29, 0.717) is 5.75 Å². The van der Waals surface area contributed by atoms with Crippen LogP contribution in [-0.2, 0) is 9.53 Å². The van der Waals surface area contributed by atoms with Crippen molar-refractivity contribution in [2.45, 2.75) is 0 Å². The molecule has 3 aromatic carbocycles. The van der Waals surface area contributed by atoms with E-state index in [9.17, 15) is 4.79 Å². The van der Waals surface area contributed by atoms with Crippen molar-refractivity contribution < 1.29 is 14.3 Å². The standard InChI is InChI=1S/C25H23N3O3S/c29-24(26-19-7-9-20(10-8-19)28-13-15-30-16-14-28)17-31-21-11-5-18(6-12-21)25-27-22-3-1-2-4-23(22)32-25/h1-12H,13-17H2,(H,26,29). The Labute approximate surface area is 190 Å². The Kier molecular flexibility index (Phi) is 6.00. The minimum atomic E-state index is -0.195. The third-order valence-corrected chi connectivity index (χ3v) is 6.38. The van der Waals surface area contributed by atoms with E-state index in [1.807, 2.05) is 66.7 Å². The molecule has 0 radical (unpaired) electrons.